The number of benzene rings is 1. The molecule has 0 bridgehead atoms. The van der Waals surface area contributed by atoms with E-state index in [4.69, 9.17) is 4.74 Å². The lowest BCUT2D eigenvalue weighted by atomic mass is 9.98. The highest BCUT2D eigenvalue weighted by Crippen LogP contribution is 2.20. The summed E-state index contributed by atoms with van der Waals surface area (Å²) in [5, 5.41) is 17.1. The second kappa shape index (κ2) is 24.2. The fraction of sp³-hybridized carbons (Fsp3) is 0.487. The van der Waals surface area contributed by atoms with Crippen LogP contribution in [0.3, 0.4) is 0 Å². The third kappa shape index (κ3) is 15.9. The second-order valence-electron chi connectivity index (χ2n) is 14.5. The van der Waals surface area contributed by atoms with Crippen LogP contribution in [0.4, 0.5) is 4.79 Å². The normalized spacial score (nSPS) is 15.3. The molecule has 22 heteroatoms. The number of Topliss-reactive ketones (excluding diaryl/α,β-unsaturated/α-hetero) is 1. The zero-order valence-corrected chi connectivity index (χ0v) is 34.6. The maximum atomic E-state index is 13.9. The van der Waals surface area contributed by atoms with Gasteiger partial charge in [0.15, 0.2) is 0 Å². The average molecular weight is 852 g/mol. The summed E-state index contributed by atoms with van der Waals surface area (Å²) in [5.74, 6) is -8.61. The van der Waals surface area contributed by atoms with Gasteiger partial charge in [0.1, 0.15) is 24.9 Å². The van der Waals surface area contributed by atoms with Crippen LogP contribution >= 0.6 is 0 Å². The van der Waals surface area contributed by atoms with Gasteiger partial charge in [0.25, 0.3) is 11.8 Å². The zero-order chi connectivity index (χ0) is 45.1. The summed E-state index contributed by atoms with van der Waals surface area (Å²) in [7, 11) is 2.99. The predicted octanol–water partition coefficient (Wildman–Crippen LogP) is -2.61. The summed E-state index contributed by atoms with van der Waals surface area (Å²) in [6.07, 6.45) is 3.36. The van der Waals surface area contributed by atoms with Gasteiger partial charge >= 0.3 is 6.09 Å². The Hall–Kier alpha value is -7.00. The van der Waals surface area contributed by atoms with E-state index in [2.05, 4.69) is 47.2 Å². The van der Waals surface area contributed by atoms with Crippen molar-refractivity contribution in [3.63, 3.8) is 0 Å². The monoisotopic (exact) mass is 851 g/mol. The molecule has 0 saturated carbocycles. The molecule has 7 N–H and O–H groups in total. The van der Waals surface area contributed by atoms with Crippen LogP contribution in [0, 0.1) is 11.8 Å². The minimum Gasteiger partial charge on any atom is -0.445 e. The fourth-order valence-electron chi connectivity index (χ4n) is 5.79. The second-order valence-corrected chi connectivity index (χ2v) is 14.5. The number of hydrogen-bond acceptors (Lipinski definition) is 13. The first-order chi connectivity index (χ1) is 29.0. The lowest BCUT2D eigenvalue weighted by molar-refractivity contribution is -0.141. The Labute approximate surface area is 352 Å². The number of nitrogens with zero attached hydrogens (tertiary/aromatic N) is 4. The molecule has 1 aromatic heterocycles. The zero-order valence-electron chi connectivity index (χ0n) is 34.6. The number of likely N-dealkylation sites (N-methyl/N-ethyl adjacent to an activating group) is 1. The molecule has 2 aromatic rings. The third-order valence-electron chi connectivity index (χ3n) is 9.18. The van der Waals surface area contributed by atoms with E-state index in [0.29, 0.717) is 6.42 Å². The molecule has 1 unspecified atom stereocenters. The highest BCUT2D eigenvalue weighted by Gasteiger charge is 2.43. The van der Waals surface area contributed by atoms with Crippen LogP contribution in [0.1, 0.15) is 49.7 Å². The standard InChI is InChI=1S/C39H53N11O11/c1-6-10-26(34(55)38(59)44-16-29(51)42-18-31(53)49(4)5)46-35(56)25-20-50(32(54)19-45-39(60)61-22-24-11-8-7-9-12-24)21-28(25)47-37(58)33(23(2)3)48-30(52)17-43-36(57)27-15-40-13-14-41-27/h7-9,11-15,23,25-26,28,33H,6,10,16-22H2,1-5H3,(H,42,51)(H,43,57)(H,44,59)(H,45,60)(H,46,56)(H,47,58)(H,48,52)/t25-,26+,28+,33?/m1/s1. The number of ether oxygens (including phenoxy) is 1. The number of nitrogens with one attached hydrogen (secondary N) is 7. The van der Waals surface area contributed by atoms with Gasteiger partial charge < -0.3 is 51.8 Å². The van der Waals surface area contributed by atoms with Crippen molar-refractivity contribution in [2.45, 2.75) is 58.3 Å². The van der Waals surface area contributed by atoms with Crippen LogP contribution in [-0.2, 0) is 49.7 Å². The predicted molar refractivity (Wildman–Crippen MR) is 214 cm³/mol. The molecule has 1 aromatic carbocycles. The summed E-state index contributed by atoms with van der Waals surface area (Å²) in [5.41, 5.74) is 0.688. The Morgan fingerprint density at radius 1 is 0.836 bits per heavy atom. The van der Waals surface area contributed by atoms with E-state index in [1.165, 1.54) is 42.5 Å². The lowest BCUT2D eigenvalue weighted by Crippen LogP contribution is -2.57. The first kappa shape index (κ1) is 48.4. The van der Waals surface area contributed by atoms with E-state index in [0.717, 1.165) is 5.56 Å². The number of rotatable bonds is 21. The maximum absolute atomic E-state index is 13.9. The van der Waals surface area contributed by atoms with E-state index in [9.17, 15) is 47.9 Å². The van der Waals surface area contributed by atoms with Gasteiger partial charge in [-0.25, -0.2) is 9.78 Å². The number of alkyl carbamates (subject to hydrolysis) is 1. The quantitative estimate of drug-likeness (QED) is 0.0635. The van der Waals surface area contributed by atoms with Gasteiger partial charge in [0.2, 0.25) is 41.2 Å². The summed E-state index contributed by atoms with van der Waals surface area (Å²) in [6, 6.07) is 5.21. The SMILES string of the molecule is CCC[C@H](NC(=O)[C@@H]1CN(C(=O)CNC(=O)OCc2ccccc2)C[C@@H]1NC(=O)C(NC(=O)CNC(=O)c1cnccn1)C(C)C)C(=O)C(=O)NCC(=O)NCC(=O)N(C)C. The molecule has 4 atom stereocenters. The van der Waals surface area contributed by atoms with Gasteiger partial charge in [0.05, 0.1) is 43.8 Å². The van der Waals surface area contributed by atoms with Gasteiger partial charge in [-0.15, -0.1) is 0 Å². The van der Waals surface area contributed by atoms with E-state index < -0.39 is 109 Å². The number of ketones is 1. The van der Waals surface area contributed by atoms with Crippen molar-refractivity contribution >= 4 is 59.1 Å². The number of aromatic nitrogens is 2. The smallest absolute Gasteiger partial charge is 0.407 e. The molecule has 2 heterocycles. The third-order valence-corrected chi connectivity index (χ3v) is 9.18. The molecule has 0 radical (unpaired) electrons. The van der Waals surface area contributed by atoms with Crippen LogP contribution in [0.5, 0.6) is 0 Å². The Kier molecular flexibility index (Phi) is 19.2. The van der Waals surface area contributed by atoms with Crippen molar-refractivity contribution in [3.8, 4) is 0 Å². The number of amides is 9. The molecule has 0 spiro atoms. The molecule has 61 heavy (non-hydrogen) atoms. The summed E-state index contributed by atoms with van der Waals surface area (Å²) in [6.45, 7) is 2.46. The van der Waals surface area contributed by atoms with Crippen molar-refractivity contribution in [1.82, 2.24) is 57.0 Å². The highest BCUT2D eigenvalue weighted by molar-refractivity contribution is 6.38. The van der Waals surface area contributed by atoms with Gasteiger partial charge in [-0.2, -0.15) is 0 Å². The summed E-state index contributed by atoms with van der Waals surface area (Å²) < 4.78 is 5.17. The van der Waals surface area contributed by atoms with Crippen molar-refractivity contribution in [2.24, 2.45) is 11.8 Å². The Morgan fingerprint density at radius 3 is 2.18 bits per heavy atom. The van der Waals surface area contributed by atoms with Gasteiger partial charge in [-0.1, -0.05) is 57.5 Å². The number of likely N-dealkylation sites (tertiary alicyclic amines) is 1. The molecule has 1 aliphatic rings. The lowest BCUT2D eigenvalue weighted by Gasteiger charge is -2.26. The minimum atomic E-state index is -1.36. The van der Waals surface area contributed by atoms with Crippen LogP contribution in [0.2, 0.25) is 0 Å². The molecule has 0 aliphatic carbocycles. The van der Waals surface area contributed by atoms with Crippen LogP contribution in [0.15, 0.2) is 48.9 Å². The molecule has 330 valence electrons. The van der Waals surface area contributed by atoms with Crippen LogP contribution in [0.25, 0.3) is 0 Å². The van der Waals surface area contributed by atoms with Crippen molar-refractivity contribution < 1.29 is 52.7 Å². The van der Waals surface area contributed by atoms with E-state index in [1.807, 2.05) is 0 Å². The first-order valence-corrected chi connectivity index (χ1v) is 19.5. The summed E-state index contributed by atoms with van der Waals surface area (Å²) in [4.78, 5) is 139. The molecule has 1 fully saturated rings. The van der Waals surface area contributed by atoms with Gasteiger partial charge in [-0.05, 0) is 17.9 Å². The number of hydrogen-bond donors (Lipinski definition) is 7. The number of carbonyl (C=O) groups excluding carboxylic acids is 10. The Morgan fingerprint density at radius 2 is 1.54 bits per heavy atom. The molecule has 9 amide bonds. The van der Waals surface area contributed by atoms with Gasteiger partial charge in [0, 0.05) is 39.6 Å². The fourth-order valence-corrected chi connectivity index (χ4v) is 5.79. The molecule has 1 saturated heterocycles. The largest absolute Gasteiger partial charge is 0.445 e. The molecule has 3 rings (SSSR count). The average Bonchev–Trinajstić information content (AvgIpc) is 3.67. The van der Waals surface area contributed by atoms with Crippen molar-refractivity contribution in [3.05, 3.63) is 60.2 Å². The van der Waals surface area contributed by atoms with E-state index in [1.54, 1.807) is 51.1 Å². The molecular weight excluding hydrogens is 798 g/mol. The van der Waals surface area contributed by atoms with Gasteiger partial charge in [-0.3, -0.25) is 48.1 Å². The maximum Gasteiger partial charge on any atom is 0.407 e. The van der Waals surface area contributed by atoms with E-state index in [-0.39, 0.29) is 38.4 Å². The molecule has 22 nitrogen and oxygen atoms in total. The Bertz CT molecular complexity index is 1900. The van der Waals surface area contributed by atoms with Crippen molar-refractivity contribution in [1.29, 1.82) is 0 Å². The highest BCUT2D eigenvalue weighted by atomic mass is 16.5. The Balaban J connectivity index is 1.72. The topological polar surface area (TPSA) is 296 Å². The molecular formula is C39H53N11O11. The van der Waals surface area contributed by atoms with Crippen LogP contribution < -0.4 is 37.2 Å². The number of carbonyl (C=O) groups is 10. The minimum absolute atomic E-state index is 0.0117. The summed E-state index contributed by atoms with van der Waals surface area (Å²) >= 11 is 0. The van der Waals surface area contributed by atoms with E-state index >= 15 is 0 Å². The first-order valence-electron chi connectivity index (χ1n) is 19.5. The van der Waals surface area contributed by atoms with Crippen LogP contribution in [-0.4, -0.2) is 150 Å². The molecule has 1 aliphatic heterocycles. The van der Waals surface area contributed by atoms with Crippen molar-refractivity contribution in [2.75, 3.05) is 53.4 Å².